The monoisotopic (exact) mass is 272 g/mol. The molecule has 0 aliphatic carbocycles. The zero-order valence-electron chi connectivity index (χ0n) is 9.16. The molecule has 0 aliphatic heterocycles. The van der Waals surface area contributed by atoms with Crippen LogP contribution < -0.4 is 5.32 Å². The fraction of sp³-hybridized carbons (Fsp3) is 0.545. The molecule has 0 spiro atoms. The highest BCUT2D eigenvalue weighted by atomic mass is 79.9. The van der Waals surface area contributed by atoms with Crippen molar-refractivity contribution in [1.82, 2.24) is 10.3 Å². The molecule has 3 nitrogen and oxygen atoms in total. The summed E-state index contributed by atoms with van der Waals surface area (Å²) in [5.41, 5.74) is 1.01. The van der Waals surface area contributed by atoms with Gasteiger partial charge in [-0.25, -0.2) is 0 Å². The zero-order chi connectivity index (χ0) is 11.1. The van der Waals surface area contributed by atoms with Gasteiger partial charge in [0.2, 0.25) is 0 Å². The van der Waals surface area contributed by atoms with Crippen LogP contribution in [0.3, 0.4) is 0 Å². The molecule has 1 atom stereocenters. The molecule has 84 valence electrons. The van der Waals surface area contributed by atoms with Gasteiger partial charge < -0.3 is 10.1 Å². The van der Waals surface area contributed by atoms with E-state index in [0.29, 0.717) is 6.61 Å². The standard InChI is InChI=1S/C11H17BrN2O/c1-3-6-15-8-11(13-2)10-5-4-9(12)7-14-10/h4-5,7,11,13H,3,6,8H2,1-2H3. The highest BCUT2D eigenvalue weighted by molar-refractivity contribution is 9.10. The Balaban J connectivity index is 2.53. The van der Waals surface area contributed by atoms with Crippen LogP contribution >= 0.6 is 15.9 Å². The van der Waals surface area contributed by atoms with Gasteiger partial charge in [-0.15, -0.1) is 0 Å². The Kier molecular flexibility index (Phi) is 5.83. The van der Waals surface area contributed by atoms with Gasteiger partial charge in [-0.1, -0.05) is 6.92 Å². The third-order valence-electron chi connectivity index (χ3n) is 2.09. The minimum atomic E-state index is 0.171. The van der Waals surface area contributed by atoms with E-state index in [1.54, 1.807) is 6.20 Å². The molecule has 15 heavy (non-hydrogen) atoms. The summed E-state index contributed by atoms with van der Waals surface area (Å²) < 4.78 is 6.50. The SMILES string of the molecule is CCCOCC(NC)c1ccc(Br)cn1. The van der Waals surface area contributed by atoms with Crippen LogP contribution in [0.5, 0.6) is 0 Å². The van der Waals surface area contributed by atoms with Crippen LogP contribution in [0.2, 0.25) is 0 Å². The van der Waals surface area contributed by atoms with Crippen molar-refractivity contribution in [2.75, 3.05) is 20.3 Å². The van der Waals surface area contributed by atoms with Crippen molar-refractivity contribution in [1.29, 1.82) is 0 Å². The van der Waals surface area contributed by atoms with E-state index in [9.17, 15) is 0 Å². The lowest BCUT2D eigenvalue weighted by Crippen LogP contribution is -2.22. The molecule has 0 fully saturated rings. The predicted octanol–water partition coefficient (Wildman–Crippen LogP) is 2.53. The number of likely N-dealkylation sites (N-methyl/N-ethyl adjacent to an activating group) is 1. The van der Waals surface area contributed by atoms with Crippen LogP contribution in [-0.4, -0.2) is 25.2 Å². The Hall–Kier alpha value is -0.450. The average molecular weight is 273 g/mol. The van der Waals surface area contributed by atoms with Gasteiger partial charge in [0.1, 0.15) is 0 Å². The third-order valence-corrected chi connectivity index (χ3v) is 2.56. The number of pyridine rings is 1. The second kappa shape index (κ2) is 6.93. The molecule has 1 N–H and O–H groups in total. The molecule has 0 bridgehead atoms. The lowest BCUT2D eigenvalue weighted by Gasteiger charge is -2.15. The van der Waals surface area contributed by atoms with Gasteiger partial charge in [-0.2, -0.15) is 0 Å². The molecule has 1 heterocycles. The van der Waals surface area contributed by atoms with Crippen molar-refractivity contribution in [3.8, 4) is 0 Å². The average Bonchev–Trinajstić information content (AvgIpc) is 2.26. The first-order valence-corrected chi connectivity index (χ1v) is 5.93. The molecule has 1 rings (SSSR count). The fourth-order valence-corrected chi connectivity index (χ4v) is 1.49. The third kappa shape index (κ3) is 4.28. The molecule has 0 radical (unpaired) electrons. The molecule has 1 aromatic heterocycles. The number of nitrogens with zero attached hydrogens (tertiary/aromatic N) is 1. The van der Waals surface area contributed by atoms with Crippen molar-refractivity contribution in [3.05, 3.63) is 28.5 Å². The fourth-order valence-electron chi connectivity index (χ4n) is 1.26. The lowest BCUT2D eigenvalue weighted by atomic mass is 10.2. The van der Waals surface area contributed by atoms with Crippen LogP contribution in [0, 0.1) is 0 Å². The highest BCUT2D eigenvalue weighted by Crippen LogP contribution is 2.13. The molecule has 1 aromatic rings. The maximum Gasteiger partial charge on any atom is 0.0730 e. The van der Waals surface area contributed by atoms with Crippen LogP contribution in [0.15, 0.2) is 22.8 Å². The van der Waals surface area contributed by atoms with Gasteiger partial charge in [0.05, 0.1) is 18.3 Å². The number of ether oxygens (including phenoxy) is 1. The summed E-state index contributed by atoms with van der Waals surface area (Å²) in [5, 5.41) is 3.19. The van der Waals surface area contributed by atoms with Crippen LogP contribution in [0.1, 0.15) is 25.1 Å². The van der Waals surface area contributed by atoms with Crippen molar-refractivity contribution in [2.24, 2.45) is 0 Å². The van der Waals surface area contributed by atoms with Crippen molar-refractivity contribution >= 4 is 15.9 Å². The number of hydrogen-bond donors (Lipinski definition) is 1. The molecule has 1 unspecified atom stereocenters. The number of aromatic nitrogens is 1. The maximum absolute atomic E-state index is 5.51. The summed E-state index contributed by atoms with van der Waals surface area (Å²) in [5.74, 6) is 0. The smallest absolute Gasteiger partial charge is 0.0730 e. The van der Waals surface area contributed by atoms with E-state index < -0.39 is 0 Å². The molecule has 0 amide bonds. The Morgan fingerprint density at radius 1 is 1.53 bits per heavy atom. The second-order valence-electron chi connectivity index (χ2n) is 3.32. The molecular formula is C11H17BrN2O. The first kappa shape index (κ1) is 12.6. The number of halogens is 1. The minimum Gasteiger partial charge on any atom is -0.379 e. The Morgan fingerprint density at radius 2 is 2.33 bits per heavy atom. The van der Waals surface area contributed by atoms with Crippen LogP contribution in [0.4, 0.5) is 0 Å². The Morgan fingerprint density at radius 3 is 2.87 bits per heavy atom. The minimum absolute atomic E-state index is 0.171. The Bertz CT molecular complexity index is 276. The molecule has 0 aliphatic rings. The highest BCUT2D eigenvalue weighted by Gasteiger charge is 2.09. The number of rotatable bonds is 6. The summed E-state index contributed by atoms with van der Waals surface area (Å²) in [6, 6.07) is 4.16. The van der Waals surface area contributed by atoms with Crippen molar-refractivity contribution in [3.63, 3.8) is 0 Å². The second-order valence-corrected chi connectivity index (χ2v) is 4.23. The van der Waals surface area contributed by atoms with Gasteiger partial charge in [0.15, 0.2) is 0 Å². The van der Waals surface area contributed by atoms with E-state index in [-0.39, 0.29) is 6.04 Å². The van der Waals surface area contributed by atoms with Crippen molar-refractivity contribution < 1.29 is 4.74 Å². The Labute approximate surface area is 99.4 Å². The lowest BCUT2D eigenvalue weighted by molar-refractivity contribution is 0.113. The largest absolute Gasteiger partial charge is 0.379 e. The predicted molar refractivity (Wildman–Crippen MR) is 64.8 cm³/mol. The van der Waals surface area contributed by atoms with E-state index >= 15 is 0 Å². The van der Waals surface area contributed by atoms with Gasteiger partial charge in [0.25, 0.3) is 0 Å². The van der Waals surface area contributed by atoms with E-state index in [1.165, 1.54) is 0 Å². The molecule has 0 aromatic carbocycles. The van der Waals surface area contributed by atoms with Gasteiger partial charge >= 0.3 is 0 Å². The summed E-state index contributed by atoms with van der Waals surface area (Å²) in [6.07, 6.45) is 2.85. The summed E-state index contributed by atoms with van der Waals surface area (Å²) in [7, 11) is 1.92. The maximum atomic E-state index is 5.51. The summed E-state index contributed by atoms with van der Waals surface area (Å²) >= 11 is 3.37. The van der Waals surface area contributed by atoms with Gasteiger partial charge in [-0.05, 0) is 41.5 Å². The van der Waals surface area contributed by atoms with Crippen molar-refractivity contribution in [2.45, 2.75) is 19.4 Å². The van der Waals surface area contributed by atoms with E-state index in [2.05, 4.69) is 33.2 Å². The van der Waals surface area contributed by atoms with Gasteiger partial charge in [-0.3, -0.25) is 4.98 Å². The number of hydrogen-bond acceptors (Lipinski definition) is 3. The van der Waals surface area contributed by atoms with Gasteiger partial charge in [0, 0.05) is 17.3 Å². The summed E-state index contributed by atoms with van der Waals surface area (Å²) in [6.45, 7) is 3.57. The number of nitrogens with one attached hydrogen (secondary N) is 1. The quantitative estimate of drug-likeness (QED) is 0.809. The van der Waals surface area contributed by atoms with E-state index in [4.69, 9.17) is 4.74 Å². The first-order chi connectivity index (χ1) is 7.27. The van der Waals surface area contributed by atoms with E-state index in [1.807, 2.05) is 19.2 Å². The molecule has 0 saturated heterocycles. The van der Waals surface area contributed by atoms with E-state index in [0.717, 1.165) is 23.2 Å². The molecular weight excluding hydrogens is 256 g/mol. The first-order valence-electron chi connectivity index (χ1n) is 5.14. The molecule has 4 heteroatoms. The zero-order valence-corrected chi connectivity index (χ0v) is 10.8. The molecule has 0 saturated carbocycles. The van der Waals surface area contributed by atoms with Crippen LogP contribution in [0.25, 0.3) is 0 Å². The normalized spacial score (nSPS) is 12.7. The topological polar surface area (TPSA) is 34.1 Å². The van der Waals surface area contributed by atoms with Crippen LogP contribution in [-0.2, 0) is 4.74 Å². The summed E-state index contributed by atoms with van der Waals surface area (Å²) in [4.78, 5) is 4.34.